The fourth-order valence-corrected chi connectivity index (χ4v) is 4.71. The van der Waals surface area contributed by atoms with Gasteiger partial charge < -0.3 is 15.1 Å². The van der Waals surface area contributed by atoms with E-state index in [9.17, 15) is 9.59 Å². The van der Waals surface area contributed by atoms with Crippen LogP contribution < -0.4 is 15.5 Å². The highest BCUT2D eigenvalue weighted by atomic mass is 32.1. The molecule has 1 saturated heterocycles. The number of likely N-dealkylation sites (N-methyl/N-ethyl adjacent to an activating group) is 1. The number of fused-ring (bicyclic) bond motifs is 1. The second-order valence-corrected chi connectivity index (χ2v) is 8.46. The molecule has 1 aromatic carbocycles. The van der Waals surface area contributed by atoms with Crippen LogP contribution in [0.2, 0.25) is 0 Å². The second-order valence-electron chi connectivity index (χ2n) is 7.38. The van der Waals surface area contributed by atoms with Crippen LogP contribution in [0.3, 0.4) is 0 Å². The minimum atomic E-state index is -0.695. The molecule has 2 aliphatic heterocycles. The van der Waals surface area contributed by atoms with E-state index in [0.717, 1.165) is 48.9 Å². The van der Waals surface area contributed by atoms with Gasteiger partial charge in [-0.05, 0) is 50.6 Å². The number of carbonyl (C=O) groups excluding carboxylic acids is 2. The highest BCUT2D eigenvalue weighted by molar-refractivity contribution is 7.16. The second kappa shape index (κ2) is 8.28. The van der Waals surface area contributed by atoms with E-state index in [2.05, 4.69) is 32.5 Å². The van der Waals surface area contributed by atoms with Gasteiger partial charge in [-0.25, -0.2) is 4.98 Å². The average molecular weight is 400 g/mol. The van der Waals surface area contributed by atoms with E-state index in [1.54, 1.807) is 0 Å². The predicted molar refractivity (Wildman–Crippen MR) is 112 cm³/mol. The zero-order chi connectivity index (χ0) is 19.5. The Hall–Kier alpha value is -2.45. The summed E-state index contributed by atoms with van der Waals surface area (Å²) in [5.74, 6) is -1.38. The van der Waals surface area contributed by atoms with Gasteiger partial charge in [-0.2, -0.15) is 0 Å². The Morgan fingerprint density at radius 2 is 1.71 bits per heavy atom. The lowest BCUT2D eigenvalue weighted by Crippen LogP contribution is -2.30. The third-order valence-corrected chi connectivity index (χ3v) is 6.19. The number of hydrogen-bond donors (Lipinski definition) is 2. The molecule has 0 aliphatic carbocycles. The van der Waals surface area contributed by atoms with Crippen molar-refractivity contribution in [2.24, 2.45) is 0 Å². The highest BCUT2D eigenvalue weighted by Gasteiger charge is 2.21. The number of anilines is 3. The molecule has 148 valence electrons. The van der Waals surface area contributed by atoms with Crippen molar-refractivity contribution >= 4 is 39.7 Å². The smallest absolute Gasteiger partial charge is 0.315 e. The van der Waals surface area contributed by atoms with Crippen molar-refractivity contribution in [3.63, 3.8) is 0 Å². The van der Waals surface area contributed by atoms with E-state index in [0.29, 0.717) is 10.8 Å². The van der Waals surface area contributed by atoms with Crippen LogP contribution >= 0.6 is 11.3 Å². The first-order chi connectivity index (χ1) is 13.6. The van der Waals surface area contributed by atoms with Gasteiger partial charge in [0.15, 0.2) is 5.13 Å². The maximum Gasteiger partial charge on any atom is 0.315 e. The fraction of sp³-hybridized carbons (Fsp3) is 0.450. The minimum Gasteiger partial charge on any atom is -0.372 e. The first kappa shape index (κ1) is 18.9. The molecule has 0 bridgehead atoms. The minimum absolute atomic E-state index is 0.487. The number of hydrogen-bond acceptors (Lipinski definition) is 6. The molecule has 0 radical (unpaired) electrons. The van der Waals surface area contributed by atoms with Gasteiger partial charge in [0.25, 0.3) is 0 Å². The molecule has 1 aromatic heterocycles. The van der Waals surface area contributed by atoms with Gasteiger partial charge in [0.1, 0.15) is 0 Å². The molecule has 1 fully saturated rings. The third-order valence-electron chi connectivity index (χ3n) is 5.20. The van der Waals surface area contributed by atoms with E-state index < -0.39 is 11.8 Å². The lowest BCUT2D eigenvalue weighted by Gasteiger charge is -2.28. The summed E-state index contributed by atoms with van der Waals surface area (Å²) < 4.78 is 0. The molecule has 0 unspecified atom stereocenters. The van der Waals surface area contributed by atoms with Crippen LogP contribution in [-0.4, -0.2) is 48.4 Å². The number of thiazole rings is 1. The zero-order valence-electron chi connectivity index (χ0n) is 16.0. The number of benzene rings is 1. The first-order valence-corrected chi connectivity index (χ1v) is 10.5. The first-order valence-electron chi connectivity index (χ1n) is 9.73. The summed E-state index contributed by atoms with van der Waals surface area (Å²) in [4.78, 5) is 34.6. The Morgan fingerprint density at radius 1 is 1.00 bits per heavy atom. The van der Waals surface area contributed by atoms with E-state index in [-0.39, 0.29) is 0 Å². The largest absolute Gasteiger partial charge is 0.372 e. The Balaban J connectivity index is 1.33. The molecular formula is C20H25N5O2S. The summed E-state index contributed by atoms with van der Waals surface area (Å²) in [6, 6.07) is 7.66. The molecule has 3 heterocycles. The molecule has 2 amide bonds. The molecule has 8 heteroatoms. The van der Waals surface area contributed by atoms with Crippen molar-refractivity contribution in [2.45, 2.75) is 32.2 Å². The zero-order valence-corrected chi connectivity index (χ0v) is 16.8. The topological polar surface area (TPSA) is 77.6 Å². The summed E-state index contributed by atoms with van der Waals surface area (Å²) >= 11 is 1.44. The van der Waals surface area contributed by atoms with Crippen molar-refractivity contribution in [1.82, 2.24) is 9.88 Å². The van der Waals surface area contributed by atoms with Crippen molar-refractivity contribution in [3.8, 4) is 0 Å². The Labute approximate surface area is 168 Å². The van der Waals surface area contributed by atoms with Gasteiger partial charge >= 0.3 is 11.8 Å². The summed E-state index contributed by atoms with van der Waals surface area (Å²) in [5, 5.41) is 5.77. The number of rotatable bonds is 3. The van der Waals surface area contributed by atoms with E-state index >= 15 is 0 Å². The van der Waals surface area contributed by atoms with Crippen LogP contribution in [0.1, 0.15) is 29.8 Å². The average Bonchev–Trinajstić information content (AvgIpc) is 3.10. The maximum absolute atomic E-state index is 12.2. The molecule has 2 aromatic rings. The molecule has 4 rings (SSSR count). The van der Waals surface area contributed by atoms with Crippen molar-refractivity contribution in [3.05, 3.63) is 34.8 Å². The van der Waals surface area contributed by atoms with E-state index in [1.807, 2.05) is 24.3 Å². The molecule has 0 saturated carbocycles. The van der Waals surface area contributed by atoms with Crippen LogP contribution in [0.5, 0.6) is 0 Å². The lowest BCUT2D eigenvalue weighted by atomic mass is 10.1. The molecule has 2 N–H and O–H groups in total. The quantitative estimate of drug-likeness (QED) is 0.776. The monoisotopic (exact) mass is 399 g/mol. The number of piperidine rings is 1. The number of aromatic nitrogens is 1. The molecule has 28 heavy (non-hydrogen) atoms. The van der Waals surface area contributed by atoms with Crippen molar-refractivity contribution in [2.75, 3.05) is 42.2 Å². The number of nitrogens with zero attached hydrogens (tertiary/aromatic N) is 3. The standard InChI is InChI=1S/C20H25N5O2S/c1-24-12-9-16-17(13-24)28-20(22-16)23-19(27)18(26)21-14-5-7-15(8-6-14)25-10-3-2-4-11-25/h5-8H,2-4,9-13H2,1H3,(H,21,26)(H,22,23,27). The molecular weight excluding hydrogens is 374 g/mol. The third kappa shape index (κ3) is 4.34. The lowest BCUT2D eigenvalue weighted by molar-refractivity contribution is -0.132. The SMILES string of the molecule is CN1CCc2nc(NC(=O)C(=O)Nc3ccc(N4CCCCC4)cc3)sc2C1. The van der Waals surface area contributed by atoms with Gasteiger partial charge in [-0.15, -0.1) is 11.3 Å². The van der Waals surface area contributed by atoms with Crippen LogP contribution in [0.25, 0.3) is 0 Å². The predicted octanol–water partition coefficient (Wildman–Crippen LogP) is 2.70. The Morgan fingerprint density at radius 3 is 2.46 bits per heavy atom. The summed E-state index contributed by atoms with van der Waals surface area (Å²) in [6.07, 6.45) is 4.59. The van der Waals surface area contributed by atoms with Crippen LogP contribution in [-0.2, 0) is 22.6 Å². The van der Waals surface area contributed by atoms with Gasteiger partial charge in [-0.1, -0.05) is 0 Å². The summed E-state index contributed by atoms with van der Waals surface area (Å²) in [6.45, 7) is 3.93. The van der Waals surface area contributed by atoms with Crippen LogP contribution in [0, 0.1) is 0 Å². The molecule has 7 nitrogen and oxygen atoms in total. The number of nitrogens with one attached hydrogen (secondary N) is 2. The maximum atomic E-state index is 12.2. The van der Waals surface area contributed by atoms with Crippen LogP contribution in [0.4, 0.5) is 16.5 Å². The fourth-order valence-electron chi connectivity index (χ4n) is 3.63. The number of amides is 2. The molecule has 2 aliphatic rings. The van der Waals surface area contributed by atoms with Crippen LogP contribution in [0.15, 0.2) is 24.3 Å². The van der Waals surface area contributed by atoms with Gasteiger partial charge in [0.05, 0.1) is 5.69 Å². The van der Waals surface area contributed by atoms with Gasteiger partial charge in [-0.3, -0.25) is 14.9 Å². The van der Waals surface area contributed by atoms with Gasteiger partial charge in [0.2, 0.25) is 0 Å². The van der Waals surface area contributed by atoms with E-state index in [4.69, 9.17) is 0 Å². The molecule has 0 spiro atoms. The Kier molecular flexibility index (Phi) is 5.59. The van der Waals surface area contributed by atoms with E-state index in [1.165, 1.54) is 30.6 Å². The molecule has 0 atom stereocenters. The normalized spacial score (nSPS) is 17.1. The van der Waals surface area contributed by atoms with Crippen molar-refractivity contribution < 1.29 is 9.59 Å². The van der Waals surface area contributed by atoms with Crippen molar-refractivity contribution in [1.29, 1.82) is 0 Å². The highest BCUT2D eigenvalue weighted by Crippen LogP contribution is 2.27. The Bertz CT molecular complexity index is 858. The summed E-state index contributed by atoms with van der Waals surface area (Å²) in [5.41, 5.74) is 2.79. The van der Waals surface area contributed by atoms with Gasteiger partial charge in [0, 0.05) is 48.9 Å². The number of carbonyl (C=O) groups is 2. The summed E-state index contributed by atoms with van der Waals surface area (Å²) in [7, 11) is 2.06.